The first-order valence-corrected chi connectivity index (χ1v) is 8.57. The highest BCUT2D eigenvalue weighted by Gasteiger charge is 2.16. The van der Waals surface area contributed by atoms with Crippen molar-refractivity contribution in [3.8, 4) is 0 Å². The van der Waals surface area contributed by atoms with Crippen LogP contribution in [0.3, 0.4) is 0 Å². The molecule has 3 rings (SSSR count). The van der Waals surface area contributed by atoms with Gasteiger partial charge in [0, 0.05) is 24.7 Å². The van der Waals surface area contributed by atoms with Crippen molar-refractivity contribution in [2.75, 3.05) is 7.11 Å². The van der Waals surface area contributed by atoms with E-state index in [9.17, 15) is 9.59 Å². The number of aromatic nitrogens is 2. The molecule has 1 atom stereocenters. The largest absolute Gasteiger partial charge is 0.468 e. The number of rotatable bonds is 6. The number of hydrogen-bond donors (Lipinski definition) is 1. The van der Waals surface area contributed by atoms with Crippen LogP contribution >= 0.6 is 12.4 Å². The topological polar surface area (TPSA) is 87.2 Å². The van der Waals surface area contributed by atoms with E-state index in [-0.39, 0.29) is 18.0 Å². The Morgan fingerprint density at radius 2 is 1.82 bits per heavy atom. The number of methoxy groups -OCH3 is 1. The predicted molar refractivity (Wildman–Crippen MR) is 109 cm³/mol. The number of nitrogens with zero attached hydrogens (tertiary/aromatic N) is 2. The van der Waals surface area contributed by atoms with Crippen molar-refractivity contribution in [2.24, 2.45) is 5.73 Å². The molecule has 2 aromatic heterocycles. The van der Waals surface area contributed by atoms with Crippen LogP contribution in [-0.2, 0) is 22.5 Å². The minimum absolute atomic E-state index is 0. The van der Waals surface area contributed by atoms with Crippen molar-refractivity contribution in [1.82, 2.24) is 9.55 Å². The second-order valence-electron chi connectivity index (χ2n) is 6.29. The highest BCUT2D eigenvalue weighted by Crippen LogP contribution is 2.16. The van der Waals surface area contributed by atoms with Crippen molar-refractivity contribution in [2.45, 2.75) is 19.0 Å². The Kier molecular flexibility index (Phi) is 7.49. The van der Waals surface area contributed by atoms with Gasteiger partial charge in [-0.3, -0.25) is 14.6 Å². The molecule has 0 aliphatic rings. The van der Waals surface area contributed by atoms with Crippen LogP contribution in [0.5, 0.6) is 0 Å². The van der Waals surface area contributed by atoms with E-state index in [1.54, 1.807) is 35.3 Å². The third kappa shape index (κ3) is 5.28. The Labute approximate surface area is 169 Å². The molecule has 0 spiro atoms. The smallest absolute Gasteiger partial charge is 0.327 e. The lowest BCUT2D eigenvalue weighted by Gasteiger charge is -2.11. The predicted octanol–water partition coefficient (Wildman–Crippen LogP) is 2.48. The summed E-state index contributed by atoms with van der Waals surface area (Å²) in [5.41, 5.74) is 9.58. The molecule has 28 heavy (non-hydrogen) atoms. The van der Waals surface area contributed by atoms with E-state index in [4.69, 9.17) is 5.73 Å². The van der Waals surface area contributed by atoms with E-state index in [2.05, 4.69) is 9.72 Å². The fraction of sp³-hybridized carbons (Fsp3) is 0.190. The Bertz CT molecular complexity index is 986. The normalized spacial score (nSPS) is 11.4. The SMILES string of the molecule is COC(=O)C(N)c1cncc(Cc2ccc(Cn3ccccc3=O)cc2)c1.Cl. The van der Waals surface area contributed by atoms with Gasteiger partial charge in [-0.15, -0.1) is 12.4 Å². The number of carbonyl (C=O) groups excluding carboxylic acids is 1. The fourth-order valence-corrected chi connectivity index (χ4v) is 2.82. The summed E-state index contributed by atoms with van der Waals surface area (Å²) >= 11 is 0. The van der Waals surface area contributed by atoms with Crippen molar-refractivity contribution in [3.63, 3.8) is 0 Å². The summed E-state index contributed by atoms with van der Waals surface area (Å²) in [6.07, 6.45) is 5.77. The number of halogens is 1. The van der Waals surface area contributed by atoms with Gasteiger partial charge in [0.25, 0.3) is 5.56 Å². The Morgan fingerprint density at radius 3 is 2.50 bits per heavy atom. The van der Waals surface area contributed by atoms with Gasteiger partial charge in [-0.2, -0.15) is 0 Å². The maximum absolute atomic E-state index is 11.8. The Hall–Kier alpha value is -2.96. The molecule has 146 valence electrons. The molecule has 0 fully saturated rings. The molecule has 2 heterocycles. The lowest BCUT2D eigenvalue weighted by molar-refractivity contribution is -0.142. The molecule has 6 nitrogen and oxygen atoms in total. The molecule has 2 N–H and O–H groups in total. The lowest BCUT2D eigenvalue weighted by Crippen LogP contribution is -2.22. The molecule has 0 aliphatic heterocycles. The average molecular weight is 400 g/mol. The van der Waals surface area contributed by atoms with Gasteiger partial charge in [0.05, 0.1) is 13.7 Å². The van der Waals surface area contributed by atoms with Crippen molar-refractivity contribution in [3.05, 3.63) is 99.7 Å². The van der Waals surface area contributed by atoms with Crippen LogP contribution in [-0.4, -0.2) is 22.6 Å². The summed E-state index contributed by atoms with van der Waals surface area (Å²) in [5, 5.41) is 0. The van der Waals surface area contributed by atoms with Crippen LogP contribution in [0.1, 0.15) is 28.3 Å². The molecule has 1 aromatic carbocycles. The van der Waals surface area contributed by atoms with Crippen LogP contribution < -0.4 is 11.3 Å². The van der Waals surface area contributed by atoms with Crippen molar-refractivity contribution >= 4 is 18.4 Å². The number of ether oxygens (including phenoxy) is 1. The number of nitrogens with two attached hydrogens (primary N) is 1. The molecule has 1 unspecified atom stereocenters. The summed E-state index contributed by atoms with van der Waals surface area (Å²) in [7, 11) is 1.31. The number of esters is 1. The Morgan fingerprint density at radius 1 is 1.11 bits per heavy atom. The molecule has 7 heteroatoms. The van der Waals surface area contributed by atoms with Gasteiger partial charge in [-0.05, 0) is 34.7 Å². The number of pyridine rings is 2. The maximum atomic E-state index is 11.8. The Balaban J connectivity index is 0.00000280. The second-order valence-corrected chi connectivity index (χ2v) is 6.29. The third-order valence-corrected chi connectivity index (χ3v) is 4.31. The van der Waals surface area contributed by atoms with E-state index >= 15 is 0 Å². The minimum Gasteiger partial charge on any atom is -0.468 e. The van der Waals surface area contributed by atoms with Gasteiger partial charge in [-0.1, -0.05) is 36.4 Å². The standard InChI is InChI=1S/C21H21N3O3.ClH/c1-27-21(26)20(22)18-11-17(12-23-13-18)10-15-5-7-16(8-6-15)14-24-9-3-2-4-19(24)25;/h2-9,11-13,20H,10,14,22H2,1H3;1H. The van der Waals surface area contributed by atoms with Gasteiger partial charge < -0.3 is 15.0 Å². The van der Waals surface area contributed by atoms with E-state index in [1.807, 2.05) is 36.4 Å². The molecule has 3 aromatic rings. The van der Waals surface area contributed by atoms with Crippen LogP contribution in [0.2, 0.25) is 0 Å². The van der Waals surface area contributed by atoms with E-state index in [1.165, 1.54) is 7.11 Å². The molecule has 0 saturated carbocycles. The van der Waals surface area contributed by atoms with Crippen LogP contribution in [0.25, 0.3) is 0 Å². The third-order valence-electron chi connectivity index (χ3n) is 4.31. The summed E-state index contributed by atoms with van der Waals surface area (Å²) < 4.78 is 6.34. The highest BCUT2D eigenvalue weighted by atomic mass is 35.5. The summed E-state index contributed by atoms with van der Waals surface area (Å²) in [6, 6.07) is 14.2. The van der Waals surface area contributed by atoms with Crippen LogP contribution in [0, 0.1) is 0 Å². The van der Waals surface area contributed by atoms with Gasteiger partial charge >= 0.3 is 5.97 Å². The van der Waals surface area contributed by atoms with Gasteiger partial charge in [0.2, 0.25) is 0 Å². The zero-order chi connectivity index (χ0) is 19.2. The van der Waals surface area contributed by atoms with E-state index < -0.39 is 12.0 Å². The highest BCUT2D eigenvalue weighted by molar-refractivity contribution is 5.85. The zero-order valence-corrected chi connectivity index (χ0v) is 16.3. The number of hydrogen-bond acceptors (Lipinski definition) is 5. The van der Waals surface area contributed by atoms with Gasteiger partial charge in [0.1, 0.15) is 6.04 Å². The van der Waals surface area contributed by atoms with Crippen molar-refractivity contribution < 1.29 is 9.53 Å². The molecule has 0 amide bonds. The minimum atomic E-state index is -0.839. The molecular weight excluding hydrogens is 378 g/mol. The summed E-state index contributed by atoms with van der Waals surface area (Å²) in [5.74, 6) is -0.491. The van der Waals surface area contributed by atoms with Gasteiger partial charge in [0.15, 0.2) is 0 Å². The summed E-state index contributed by atoms with van der Waals surface area (Å²) in [4.78, 5) is 27.6. The van der Waals surface area contributed by atoms with E-state index in [0.29, 0.717) is 18.5 Å². The molecule has 0 aliphatic carbocycles. The first-order valence-electron chi connectivity index (χ1n) is 8.57. The average Bonchev–Trinajstić information content (AvgIpc) is 2.70. The first-order chi connectivity index (χ1) is 13.1. The number of carbonyl (C=O) groups is 1. The van der Waals surface area contributed by atoms with E-state index in [0.717, 1.165) is 16.7 Å². The molecule has 0 bridgehead atoms. The number of benzene rings is 1. The first kappa shape index (κ1) is 21.3. The van der Waals surface area contributed by atoms with Crippen LogP contribution in [0.4, 0.5) is 0 Å². The summed E-state index contributed by atoms with van der Waals surface area (Å²) in [6.45, 7) is 0.533. The zero-order valence-electron chi connectivity index (χ0n) is 15.4. The molecular formula is C21H22ClN3O3. The van der Waals surface area contributed by atoms with Crippen LogP contribution in [0.15, 0.2) is 71.9 Å². The maximum Gasteiger partial charge on any atom is 0.327 e. The molecule has 0 saturated heterocycles. The lowest BCUT2D eigenvalue weighted by atomic mass is 10.0. The monoisotopic (exact) mass is 399 g/mol. The molecule has 0 radical (unpaired) electrons. The quantitative estimate of drug-likeness (QED) is 0.643. The van der Waals surface area contributed by atoms with Crippen molar-refractivity contribution in [1.29, 1.82) is 0 Å². The fourth-order valence-electron chi connectivity index (χ4n) is 2.82. The van der Waals surface area contributed by atoms with Gasteiger partial charge in [-0.25, -0.2) is 0 Å². The second kappa shape index (κ2) is 9.82.